The van der Waals surface area contributed by atoms with Crippen LogP contribution in [0.2, 0.25) is 0 Å². The second-order valence-electron chi connectivity index (χ2n) is 18.7. The largest absolute Gasteiger partial charge is 0.497 e. The summed E-state index contributed by atoms with van der Waals surface area (Å²) in [7, 11) is -0.872. The van der Waals surface area contributed by atoms with E-state index in [9.17, 15) is 29.1 Å². The van der Waals surface area contributed by atoms with Gasteiger partial charge >= 0.3 is 7.12 Å². The van der Waals surface area contributed by atoms with Crippen molar-refractivity contribution in [2.75, 3.05) is 13.1 Å². The van der Waals surface area contributed by atoms with Gasteiger partial charge in [0.2, 0.25) is 23.6 Å². The van der Waals surface area contributed by atoms with Crippen LogP contribution < -0.4 is 43.8 Å². The van der Waals surface area contributed by atoms with Gasteiger partial charge in [0.15, 0.2) is 0 Å². The van der Waals surface area contributed by atoms with Gasteiger partial charge in [0.25, 0.3) is 5.91 Å². The molecule has 1 aliphatic heterocycles. The van der Waals surface area contributed by atoms with Gasteiger partial charge in [-0.15, -0.1) is 0 Å². The zero-order valence-electron chi connectivity index (χ0n) is 38.6. The van der Waals surface area contributed by atoms with E-state index in [0.29, 0.717) is 43.2 Å². The molecular weight excluding hydrogens is 815 g/mol. The lowest BCUT2D eigenvalue weighted by molar-refractivity contribution is -0.199. The lowest BCUT2D eigenvalue weighted by Crippen LogP contribution is -2.65. The molecule has 16 nitrogen and oxygen atoms in total. The predicted octanol–water partition coefficient (Wildman–Crippen LogP) is 2.58. The van der Waals surface area contributed by atoms with Crippen LogP contribution in [0.15, 0.2) is 48.5 Å². The average molecular weight is 889 g/mol. The summed E-state index contributed by atoms with van der Waals surface area (Å²) in [4.78, 5) is 68.3. The maximum atomic E-state index is 13.7. The van der Waals surface area contributed by atoms with Crippen molar-refractivity contribution in [1.29, 1.82) is 0 Å². The number of nitrogens with two attached hydrogens (primary N) is 3. The number of hydrogen-bond acceptors (Lipinski definition) is 11. The summed E-state index contributed by atoms with van der Waals surface area (Å²) >= 11 is 0. The van der Waals surface area contributed by atoms with E-state index in [4.69, 9.17) is 26.5 Å². The monoisotopic (exact) mass is 889 g/mol. The van der Waals surface area contributed by atoms with E-state index in [1.165, 1.54) is 12.5 Å². The van der Waals surface area contributed by atoms with Crippen molar-refractivity contribution in [2.45, 2.75) is 160 Å². The number of carbonyl (C=O) groups is 5. The van der Waals surface area contributed by atoms with Gasteiger partial charge < -0.3 is 58.2 Å². The number of unbranched alkanes of at least 4 members (excludes halogenated alkanes) is 2. The third kappa shape index (κ3) is 12.1. The molecule has 2 aromatic rings. The van der Waals surface area contributed by atoms with E-state index in [1.54, 1.807) is 19.1 Å². The van der Waals surface area contributed by atoms with Crippen molar-refractivity contribution in [3.05, 3.63) is 59.7 Å². The summed E-state index contributed by atoms with van der Waals surface area (Å²) in [6.45, 7) is 12.4. The molecule has 5 amide bonds. The molecule has 64 heavy (non-hydrogen) atoms. The van der Waals surface area contributed by atoms with Gasteiger partial charge in [-0.1, -0.05) is 70.5 Å². The third-order valence-corrected chi connectivity index (χ3v) is 13.8. The van der Waals surface area contributed by atoms with E-state index in [2.05, 4.69) is 78.5 Å². The molecule has 1 saturated heterocycles. The van der Waals surface area contributed by atoms with Crippen molar-refractivity contribution in [2.24, 2.45) is 34.5 Å². The Balaban J connectivity index is 1.18. The molecule has 12 N–H and O–H groups in total. The molecule has 4 aliphatic rings. The maximum absolute atomic E-state index is 13.7. The second-order valence-corrected chi connectivity index (χ2v) is 18.7. The summed E-state index contributed by atoms with van der Waals surface area (Å²) < 4.78 is 12.7. The van der Waals surface area contributed by atoms with Gasteiger partial charge in [0.05, 0.1) is 17.8 Å². The quantitative estimate of drug-likeness (QED) is 0.0420. The summed E-state index contributed by atoms with van der Waals surface area (Å²) in [5.74, 6) is -2.39. The zero-order chi connectivity index (χ0) is 46.8. The third-order valence-electron chi connectivity index (χ3n) is 13.8. The van der Waals surface area contributed by atoms with Gasteiger partial charge in [0, 0.05) is 5.56 Å². The topological polar surface area (TPSA) is 262 Å². The Morgan fingerprint density at radius 2 is 1.33 bits per heavy atom. The van der Waals surface area contributed by atoms with E-state index in [-0.39, 0.29) is 37.3 Å². The molecule has 10 atom stereocenters. The van der Waals surface area contributed by atoms with Crippen molar-refractivity contribution in [1.82, 2.24) is 26.6 Å². The van der Waals surface area contributed by atoms with Crippen molar-refractivity contribution in [3.63, 3.8) is 0 Å². The summed E-state index contributed by atoms with van der Waals surface area (Å²) in [5, 5.41) is 24.2. The Morgan fingerprint density at radius 3 is 1.92 bits per heavy atom. The van der Waals surface area contributed by atoms with E-state index < -0.39 is 78.6 Å². The molecule has 1 unspecified atom stereocenters. The van der Waals surface area contributed by atoms with Gasteiger partial charge in [-0.25, -0.2) is 0 Å². The maximum Gasteiger partial charge on any atom is 0.497 e. The fourth-order valence-electron chi connectivity index (χ4n) is 9.58. The Hall–Kier alpha value is -4.39. The molecule has 0 spiro atoms. The highest BCUT2D eigenvalue weighted by Crippen LogP contribution is 2.65. The number of rotatable bonds is 24. The Labute approximate surface area is 379 Å². The molecule has 352 valence electrons. The number of aliphatic hydroxyl groups excluding tert-OH is 1. The smallest absolute Gasteiger partial charge is 0.403 e. The number of carbonyl (C=O) groups excluding carboxylic acids is 5. The van der Waals surface area contributed by atoms with Gasteiger partial charge in [-0.2, -0.15) is 0 Å². The Morgan fingerprint density at radius 1 is 0.750 bits per heavy atom. The highest BCUT2D eigenvalue weighted by Gasteiger charge is 2.68. The van der Waals surface area contributed by atoms with Crippen molar-refractivity contribution in [3.8, 4) is 11.1 Å². The molecule has 6 rings (SSSR count). The molecule has 2 bridgehead atoms. The molecule has 2 aromatic carbocycles. The first kappa shape index (κ1) is 50.6. The minimum Gasteiger partial charge on any atom is -0.403 e. The number of amides is 5. The van der Waals surface area contributed by atoms with Crippen LogP contribution in [0.25, 0.3) is 11.1 Å². The van der Waals surface area contributed by atoms with Gasteiger partial charge in [-0.05, 0) is 137 Å². The van der Waals surface area contributed by atoms with Gasteiger partial charge in [0.1, 0.15) is 30.2 Å². The highest BCUT2D eigenvalue weighted by atomic mass is 16.7. The van der Waals surface area contributed by atoms with Crippen molar-refractivity contribution >= 4 is 36.7 Å². The average Bonchev–Trinajstić information content (AvgIpc) is 3.65. The molecule has 4 fully saturated rings. The number of nitrogens with one attached hydrogen (secondary N) is 5. The summed E-state index contributed by atoms with van der Waals surface area (Å²) in [6, 6.07) is 9.63. The number of benzene rings is 2. The minimum absolute atomic E-state index is 0.120. The number of hydrogen-bond donors (Lipinski definition) is 9. The predicted molar refractivity (Wildman–Crippen MR) is 247 cm³/mol. The van der Waals surface area contributed by atoms with Crippen LogP contribution in [0.4, 0.5) is 0 Å². The van der Waals surface area contributed by atoms with Crippen LogP contribution >= 0.6 is 0 Å². The van der Waals surface area contributed by atoms with E-state index in [0.717, 1.165) is 43.2 Å². The molecule has 3 saturated carbocycles. The minimum atomic E-state index is -1.49. The highest BCUT2D eigenvalue weighted by molar-refractivity contribution is 6.47. The Bertz CT molecular complexity index is 1900. The Kier molecular flexibility index (Phi) is 17.9. The zero-order valence-corrected chi connectivity index (χ0v) is 38.6. The molecule has 0 radical (unpaired) electrons. The standard InChI is InChI=1S/C47H73BN8O8/c1-7-9-13-29-16-18-30(19-17-29)31-20-22-32(23-21-31)40(58)53-36(15-12-25-50)42(60)55-39(28(3)57)44(62)52-34(8-2)41(59)54-35(14-10-11-24-49)43(61)56-45(51)48-63-38-27-33-26-37(46(33,4)5)47(38,6)64-48/h16-23,28,33-39,45,57H,7-15,24-27,49-51H2,1-6H3,(H,52,62)(H,53,58)(H,54,59)(H,55,60)(H,56,61)/t28-,33+,34+,35+,36+,37+,38?,39+,45-,47+/m1/s1. The van der Waals surface area contributed by atoms with Crippen LogP contribution in [0.5, 0.6) is 0 Å². The van der Waals surface area contributed by atoms with Crippen LogP contribution in [-0.4, -0.2) is 103 Å². The van der Waals surface area contributed by atoms with Crippen LogP contribution in [0.3, 0.4) is 0 Å². The first-order valence-electron chi connectivity index (χ1n) is 23.4. The molecule has 17 heteroatoms. The first-order chi connectivity index (χ1) is 30.5. The SMILES string of the molecule is CCCCc1ccc(-c2ccc(C(=O)N[C@@H](CCCN)C(=O)N[C@H](C(=O)N[C@@H](CC)C(=O)N[C@@H](CCCCN)C(=O)N[C@@H](N)B3OC4C[C@@H]5C[C@@H](C5(C)C)[C@]4(C)O3)[C@@H](C)O)cc2)cc1. The fraction of sp³-hybridized carbons (Fsp3) is 0.638. The lowest BCUT2D eigenvalue weighted by Gasteiger charge is -2.64. The molecule has 0 aromatic heterocycles. The summed E-state index contributed by atoms with van der Waals surface area (Å²) in [6.07, 6.45) is 5.73. The normalized spacial score (nSPS) is 23.5. The second kappa shape index (κ2) is 22.7. The van der Waals surface area contributed by atoms with Crippen LogP contribution in [0, 0.1) is 17.3 Å². The fourth-order valence-corrected chi connectivity index (χ4v) is 9.58. The van der Waals surface area contributed by atoms with E-state index in [1.807, 2.05) is 12.1 Å². The molecule has 1 heterocycles. The van der Waals surface area contributed by atoms with Crippen LogP contribution in [0.1, 0.15) is 122 Å². The first-order valence-corrected chi connectivity index (χ1v) is 23.4. The number of aryl methyl sites for hydroxylation is 1. The summed E-state index contributed by atoms with van der Waals surface area (Å²) in [5.41, 5.74) is 21.1. The molecule has 3 aliphatic carbocycles. The van der Waals surface area contributed by atoms with E-state index >= 15 is 0 Å². The lowest BCUT2D eigenvalue weighted by atomic mass is 9.43. The van der Waals surface area contributed by atoms with Crippen molar-refractivity contribution < 1.29 is 38.4 Å². The van der Waals surface area contributed by atoms with Gasteiger partial charge in [-0.3, -0.25) is 24.0 Å². The number of aliphatic hydroxyl groups is 1. The van der Waals surface area contributed by atoms with Crippen LogP contribution in [-0.2, 0) is 34.9 Å². The molecular formula is C47H73BN8O8.